The number of hydrogen-bond donors (Lipinski definition) is 2. The van der Waals surface area contributed by atoms with Crippen molar-refractivity contribution in [3.8, 4) is 11.8 Å². The Hall–Kier alpha value is -3.56. The number of imidazole rings is 1. The fraction of sp³-hybridized carbons (Fsp3) is 0.484. The number of nitrogens with one attached hydrogen (secondary N) is 1. The zero-order valence-corrected chi connectivity index (χ0v) is 30.9. The van der Waals surface area contributed by atoms with E-state index in [9.17, 15) is 23.6 Å². The molecule has 0 saturated heterocycles. The van der Waals surface area contributed by atoms with Gasteiger partial charge in [0.1, 0.15) is 35.4 Å². The van der Waals surface area contributed by atoms with Gasteiger partial charge in [0.05, 0.1) is 23.9 Å². The molecule has 0 aliphatic heterocycles. The maximum Gasteiger partial charge on any atom is 0.416 e. The lowest BCUT2D eigenvalue weighted by Crippen LogP contribution is -2.48. The molecule has 46 heavy (non-hydrogen) atoms. The lowest BCUT2D eigenvalue weighted by atomic mass is 9.87. The van der Waals surface area contributed by atoms with E-state index in [1.165, 1.54) is 19.5 Å². The molecule has 0 bridgehead atoms. The number of methoxy groups -OCH3 is 1. The summed E-state index contributed by atoms with van der Waals surface area (Å²) in [4.78, 5) is 21.7. The number of aromatic nitrogens is 4. The van der Waals surface area contributed by atoms with Crippen molar-refractivity contribution in [2.24, 2.45) is 0 Å². The number of hydrogen-bond acceptors (Lipinski definition) is 8. The summed E-state index contributed by atoms with van der Waals surface area (Å²) in [6, 6.07) is 8.49. The van der Waals surface area contributed by atoms with Crippen molar-refractivity contribution < 1.29 is 27.8 Å². The van der Waals surface area contributed by atoms with Gasteiger partial charge in [-0.05, 0) is 49.7 Å². The smallest absolute Gasteiger partial charge is 0.416 e. The Morgan fingerprint density at radius 2 is 1.83 bits per heavy atom. The first-order valence-electron chi connectivity index (χ1n) is 15.1. The third kappa shape index (κ3) is 7.52. The number of fused-ring (bicyclic) bond motifs is 2. The molecule has 1 atom stereocenters. The number of benzene rings is 1. The summed E-state index contributed by atoms with van der Waals surface area (Å²) >= 11 is 0. The summed E-state index contributed by atoms with van der Waals surface area (Å²) in [5.41, 5.74) is 0.933. The first-order chi connectivity index (χ1) is 21.3. The van der Waals surface area contributed by atoms with E-state index in [2.05, 4.69) is 55.1 Å². The molecule has 0 aliphatic rings. The van der Waals surface area contributed by atoms with E-state index in [1.807, 2.05) is 0 Å². The van der Waals surface area contributed by atoms with Crippen molar-refractivity contribution in [1.29, 1.82) is 5.26 Å². The summed E-state index contributed by atoms with van der Waals surface area (Å²) in [5.74, 6) is 0.517. The molecule has 0 spiro atoms. The lowest BCUT2D eigenvalue weighted by molar-refractivity contribution is 0.0853. The van der Waals surface area contributed by atoms with Crippen molar-refractivity contribution in [2.75, 3.05) is 19.5 Å². The summed E-state index contributed by atoms with van der Waals surface area (Å²) < 4.78 is 45.9. The second-order valence-corrected chi connectivity index (χ2v) is 27.3. The molecule has 0 radical (unpaired) electrons. The monoisotopic (exact) mass is 684 g/mol. The first kappa shape index (κ1) is 35.3. The fourth-order valence-electron chi connectivity index (χ4n) is 5.46. The molecule has 0 aliphatic carbocycles. The van der Waals surface area contributed by atoms with Crippen LogP contribution in [0.25, 0.3) is 22.1 Å². The van der Waals surface area contributed by atoms with Crippen LogP contribution in [0.3, 0.4) is 0 Å². The highest BCUT2D eigenvalue weighted by molar-refractivity contribution is 7.89. The number of nitriles is 1. The van der Waals surface area contributed by atoms with E-state index >= 15 is 0 Å². The zero-order valence-electron chi connectivity index (χ0n) is 28.1. The van der Waals surface area contributed by atoms with Gasteiger partial charge in [0.15, 0.2) is 5.65 Å². The molecule has 248 valence electrons. The van der Waals surface area contributed by atoms with Crippen LogP contribution in [0.1, 0.15) is 29.4 Å². The Morgan fingerprint density at radius 1 is 1.15 bits per heavy atom. The Kier molecular flexibility index (Phi) is 9.91. The van der Waals surface area contributed by atoms with Gasteiger partial charge in [-0.2, -0.15) is 9.98 Å². The molecule has 4 aromatic rings. The van der Waals surface area contributed by atoms with Gasteiger partial charge < -0.3 is 14.6 Å². The van der Waals surface area contributed by atoms with E-state index in [1.54, 1.807) is 36.6 Å². The molecule has 3 aromatic heterocycles. The Balaban J connectivity index is 2.06. The number of carboxylic acid groups (broad SMARTS) is 1. The second kappa shape index (κ2) is 12.9. The molecule has 0 amide bonds. The predicted octanol–water partition coefficient (Wildman–Crippen LogP) is 5.93. The highest BCUT2D eigenvalue weighted by Gasteiger charge is 2.43. The van der Waals surface area contributed by atoms with Crippen molar-refractivity contribution in [3.63, 3.8) is 0 Å². The van der Waals surface area contributed by atoms with E-state index in [0.717, 1.165) is 10.6 Å². The van der Waals surface area contributed by atoms with Gasteiger partial charge in [0.25, 0.3) is 0 Å². The van der Waals surface area contributed by atoms with Crippen molar-refractivity contribution in [3.05, 3.63) is 53.1 Å². The number of rotatable bonds is 13. The van der Waals surface area contributed by atoms with Crippen molar-refractivity contribution in [2.45, 2.75) is 77.5 Å². The summed E-state index contributed by atoms with van der Waals surface area (Å²) in [6.45, 7) is 17.1. The average molecular weight is 685 g/mol. The van der Waals surface area contributed by atoms with Crippen LogP contribution in [0, 0.1) is 18.3 Å². The van der Waals surface area contributed by atoms with Crippen molar-refractivity contribution >= 4 is 54.3 Å². The van der Waals surface area contributed by atoms with Gasteiger partial charge in [0, 0.05) is 46.1 Å². The van der Waals surface area contributed by atoms with E-state index in [0.29, 0.717) is 57.2 Å². The van der Waals surface area contributed by atoms with Crippen molar-refractivity contribution in [1.82, 2.24) is 23.8 Å². The fourth-order valence-corrected chi connectivity index (χ4v) is 10.7. The highest BCUT2D eigenvalue weighted by Crippen LogP contribution is 2.43. The predicted molar refractivity (Wildman–Crippen MR) is 185 cm³/mol. The van der Waals surface area contributed by atoms with Crippen LogP contribution >= 0.6 is 0 Å². The number of aryl methyl sites for hydroxylation is 1. The molecule has 3 heterocycles. The summed E-state index contributed by atoms with van der Waals surface area (Å²) in [5, 5.41) is 20.1. The lowest BCUT2D eigenvalue weighted by Gasteiger charge is -2.33. The second-order valence-electron chi connectivity index (χ2n) is 14.2. The van der Waals surface area contributed by atoms with Crippen LogP contribution in [-0.2, 0) is 27.0 Å². The molecular weight excluding hydrogens is 641 g/mol. The summed E-state index contributed by atoms with van der Waals surface area (Å²) in [7, 11) is -5.63. The van der Waals surface area contributed by atoms with E-state index in [-0.39, 0.29) is 18.3 Å². The highest BCUT2D eigenvalue weighted by atomic mass is 32.2. The third-order valence-corrected chi connectivity index (χ3v) is 13.2. The molecule has 0 saturated carbocycles. The standard InChI is InChI=1S/C31H44N6O6SSi2/c1-21-16-25(42-3)26(23-10-11-36(27(21)23)30(38)39)31(2,35-44(40,41)13-15-46(7,8)9)29-34-24-17-22(18-32)19-33-28(24)37(29)20-43-12-14-45(4,5)6/h10-11,16-17,19,35H,12-15,20H2,1-9H3,(H,38,39). The van der Waals surface area contributed by atoms with Gasteiger partial charge in [-0.15, -0.1) is 0 Å². The molecule has 1 unspecified atom stereocenters. The maximum atomic E-state index is 14.0. The molecular formula is C31H44N6O6SSi2. The summed E-state index contributed by atoms with van der Waals surface area (Å²) in [6.07, 6.45) is 1.70. The van der Waals surface area contributed by atoms with Gasteiger partial charge >= 0.3 is 6.09 Å². The minimum absolute atomic E-state index is 0.0227. The van der Waals surface area contributed by atoms with Crippen LogP contribution in [0.2, 0.25) is 51.4 Å². The van der Waals surface area contributed by atoms with Gasteiger partial charge in [-0.1, -0.05) is 39.3 Å². The largest absolute Gasteiger partial charge is 0.496 e. The molecule has 2 N–H and O–H groups in total. The normalized spacial score (nSPS) is 14.0. The number of sulfonamides is 1. The quantitative estimate of drug-likeness (QED) is 0.128. The zero-order chi connectivity index (χ0) is 34.2. The SMILES string of the molecule is COc1cc(C)c2c(ccn2C(=O)O)c1C(C)(NS(=O)(=O)CC[Si](C)(C)C)c1nc2cc(C#N)cnc2n1COCC[Si](C)(C)C. The average Bonchev–Trinajstić information content (AvgIpc) is 3.55. The Bertz CT molecular complexity index is 1940. The van der Waals surface area contributed by atoms with Gasteiger partial charge in [-0.25, -0.2) is 23.2 Å². The van der Waals surface area contributed by atoms with E-state index in [4.69, 9.17) is 14.5 Å². The number of pyridine rings is 1. The van der Waals surface area contributed by atoms with Gasteiger partial charge in [-0.3, -0.25) is 9.13 Å². The third-order valence-electron chi connectivity index (χ3n) is 7.91. The Labute approximate surface area is 272 Å². The van der Waals surface area contributed by atoms with Crippen LogP contribution < -0.4 is 9.46 Å². The Morgan fingerprint density at radius 3 is 2.41 bits per heavy atom. The molecule has 4 rings (SSSR count). The number of carbonyl (C=O) groups is 1. The minimum atomic E-state index is -3.95. The van der Waals surface area contributed by atoms with Crippen LogP contribution in [-0.4, -0.2) is 74.3 Å². The first-order valence-corrected chi connectivity index (χ1v) is 24.2. The maximum absolute atomic E-state index is 14.0. The number of ether oxygens (including phenoxy) is 2. The molecule has 12 nitrogen and oxygen atoms in total. The topological polar surface area (TPSA) is 161 Å². The van der Waals surface area contributed by atoms with E-state index < -0.39 is 37.8 Å². The van der Waals surface area contributed by atoms with Crippen LogP contribution in [0.15, 0.2) is 30.6 Å². The molecule has 0 fully saturated rings. The minimum Gasteiger partial charge on any atom is -0.496 e. The molecule has 1 aromatic carbocycles. The van der Waals surface area contributed by atoms with Gasteiger partial charge in [0.2, 0.25) is 10.0 Å². The number of nitrogens with zero attached hydrogens (tertiary/aromatic N) is 5. The van der Waals surface area contributed by atoms with Crippen LogP contribution in [0.4, 0.5) is 4.79 Å². The molecule has 15 heteroatoms. The van der Waals surface area contributed by atoms with Crippen LogP contribution in [0.5, 0.6) is 5.75 Å².